The summed E-state index contributed by atoms with van der Waals surface area (Å²) >= 11 is 0. The molecule has 1 amide bonds. The van der Waals surface area contributed by atoms with Gasteiger partial charge in [0, 0.05) is 18.4 Å². The van der Waals surface area contributed by atoms with E-state index in [0.29, 0.717) is 30.1 Å². The Kier molecular flexibility index (Phi) is 12.2. The predicted molar refractivity (Wildman–Crippen MR) is 167 cm³/mol. The topological polar surface area (TPSA) is 120 Å². The molecule has 7 heteroatoms. The Labute approximate surface area is 250 Å². The lowest BCUT2D eigenvalue weighted by atomic mass is 9.48. The van der Waals surface area contributed by atoms with Crippen molar-refractivity contribution in [1.29, 1.82) is 0 Å². The highest BCUT2D eigenvalue weighted by Gasteiger charge is 2.58. The van der Waals surface area contributed by atoms with E-state index in [4.69, 9.17) is 5.73 Å². The molecular weight excluding hydrogens is 512 g/mol. The van der Waals surface area contributed by atoms with Crippen LogP contribution < -0.4 is 21.7 Å². The molecule has 4 rings (SSSR count). The summed E-state index contributed by atoms with van der Waals surface area (Å²) in [7, 11) is 0. The predicted octanol–water partition coefficient (Wildman–Crippen LogP) is 4.27. The summed E-state index contributed by atoms with van der Waals surface area (Å²) in [5.74, 6) is 2.08. The highest BCUT2D eigenvalue weighted by Crippen LogP contribution is 2.65. The molecule has 0 heterocycles. The quantitative estimate of drug-likeness (QED) is 0.121. The van der Waals surface area contributed by atoms with Crippen LogP contribution in [0.15, 0.2) is 11.1 Å². The number of nitrogens with one attached hydrogen (secondary N) is 3. The molecule has 0 radical (unpaired) electrons. The average molecular weight is 575 g/mol. The van der Waals surface area contributed by atoms with Crippen molar-refractivity contribution in [1.82, 2.24) is 16.0 Å². The maximum atomic E-state index is 12.6. The van der Waals surface area contributed by atoms with Crippen molar-refractivity contribution < 1.29 is 15.0 Å². The van der Waals surface area contributed by atoms with Gasteiger partial charge in [0.1, 0.15) is 0 Å². The lowest BCUT2D eigenvalue weighted by Gasteiger charge is -2.58. The molecule has 0 saturated heterocycles. The summed E-state index contributed by atoms with van der Waals surface area (Å²) in [4.78, 5) is 12.6. The lowest BCUT2D eigenvalue weighted by Crippen LogP contribution is -2.52. The van der Waals surface area contributed by atoms with E-state index in [1.54, 1.807) is 11.1 Å². The van der Waals surface area contributed by atoms with Crippen molar-refractivity contribution in [3.05, 3.63) is 11.1 Å². The van der Waals surface area contributed by atoms with Gasteiger partial charge >= 0.3 is 0 Å². The Hall–Kier alpha value is -0.990. The molecule has 0 aliphatic heterocycles. The number of aliphatic hydroxyl groups is 2. The summed E-state index contributed by atoms with van der Waals surface area (Å²) in [6.45, 7) is 12.6. The Bertz CT molecular complexity index is 880. The van der Waals surface area contributed by atoms with Crippen LogP contribution in [0.5, 0.6) is 0 Å². The van der Waals surface area contributed by atoms with Gasteiger partial charge in [-0.1, -0.05) is 31.9 Å². The molecule has 0 aromatic rings. The summed E-state index contributed by atoms with van der Waals surface area (Å²) in [5, 5.41) is 32.1. The van der Waals surface area contributed by atoms with Crippen LogP contribution in [0.3, 0.4) is 0 Å². The van der Waals surface area contributed by atoms with Crippen molar-refractivity contribution >= 4 is 5.91 Å². The minimum atomic E-state index is -0.308. The number of fused-ring (bicyclic) bond motifs is 4. The SMILES string of the molecule is C[C@H](CCC(=O)NCCCNCCCCNCCCN)[C@H]1CCC2=C3CC[C@@H]4C[C@H](O)CC[C@]4(C)[C@H]3C[C@H](O)[C@@]21C. The van der Waals surface area contributed by atoms with Gasteiger partial charge < -0.3 is 31.9 Å². The molecule has 7 nitrogen and oxygen atoms in total. The molecule has 0 aromatic carbocycles. The molecule has 3 fully saturated rings. The van der Waals surface area contributed by atoms with Crippen LogP contribution in [0.1, 0.15) is 111 Å². The average Bonchev–Trinajstić information content (AvgIpc) is 3.32. The number of hydrogen-bond acceptors (Lipinski definition) is 6. The van der Waals surface area contributed by atoms with Crippen LogP contribution in [-0.2, 0) is 4.79 Å². The minimum Gasteiger partial charge on any atom is -0.393 e. The summed E-state index contributed by atoms with van der Waals surface area (Å²) in [6, 6.07) is 0. The van der Waals surface area contributed by atoms with E-state index in [1.807, 2.05) is 0 Å². The Morgan fingerprint density at radius 1 is 0.951 bits per heavy atom. The number of unbranched alkanes of at least 4 members (excludes halogenated alkanes) is 1. The van der Waals surface area contributed by atoms with Crippen LogP contribution in [0.4, 0.5) is 0 Å². The maximum Gasteiger partial charge on any atom is 0.220 e. The zero-order valence-corrected chi connectivity index (χ0v) is 26.5. The first kappa shape index (κ1) is 32.9. The number of nitrogens with two attached hydrogens (primary N) is 1. The van der Waals surface area contributed by atoms with E-state index < -0.39 is 0 Å². The van der Waals surface area contributed by atoms with E-state index in [0.717, 1.165) is 110 Å². The third-order valence-electron chi connectivity index (χ3n) is 12.0. The van der Waals surface area contributed by atoms with Crippen LogP contribution in [0.2, 0.25) is 0 Å². The first-order valence-electron chi connectivity index (χ1n) is 17.2. The molecular formula is C34H62N4O3. The molecule has 41 heavy (non-hydrogen) atoms. The fourth-order valence-electron chi connectivity index (χ4n) is 9.44. The normalized spacial score (nSPS) is 35.5. The summed E-state index contributed by atoms with van der Waals surface area (Å²) in [5.41, 5.74) is 8.83. The number of carbonyl (C=O) groups is 1. The zero-order valence-electron chi connectivity index (χ0n) is 26.5. The van der Waals surface area contributed by atoms with Crippen molar-refractivity contribution in [2.75, 3.05) is 39.3 Å². The third-order valence-corrected chi connectivity index (χ3v) is 12.0. The molecule has 8 atom stereocenters. The summed E-state index contributed by atoms with van der Waals surface area (Å²) < 4.78 is 0. The van der Waals surface area contributed by atoms with E-state index in [-0.39, 0.29) is 28.9 Å². The second-order valence-electron chi connectivity index (χ2n) is 14.5. The monoisotopic (exact) mass is 574 g/mol. The number of carbonyl (C=O) groups excluding carboxylic acids is 1. The van der Waals surface area contributed by atoms with Gasteiger partial charge in [-0.3, -0.25) is 4.79 Å². The van der Waals surface area contributed by atoms with Crippen molar-refractivity contribution in [3.63, 3.8) is 0 Å². The number of allylic oxidation sites excluding steroid dienone is 1. The van der Waals surface area contributed by atoms with Crippen LogP contribution in [0.25, 0.3) is 0 Å². The van der Waals surface area contributed by atoms with Gasteiger partial charge in [0.25, 0.3) is 0 Å². The highest BCUT2D eigenvalue weighted by molar-refractivity contribution is 5.75. The fraction of sp³-hybridized carbons (Fsp3) is 0.912. The Morgan fingerprint density at radius 2 is 1.66 bits per heavy atom. The maximum absolute atomic E-state index is 12.6. The Morgan fingerprint density at radius 3 is 2.39 bits per heavy atom. The molecule has 3 saturated carbocycles. The molecule has 0 bridgehead atoms. The number of hydrogen-bond donors (Lipinski definition) is 6. The van der Waals surface area contributed by atoms with Crippen molar-refractivity contribution in [3.8, 4) is 0 Å². The number of amides is 1. The standard InChI is InChI=1S/C34H62N4O3/c1-24(8-13-32(41)38-21-7-20-37-18-5-4-17-36-19-6-16-35)28-11-12-29-27-10-9-25-22-26(39)14-15-33(25,2)30(27)23-31(40)34(28,29)3/h24-26,28,30-31,36-37,39-40H,4-23,35H2,1-3H3,(H,38,41)/t24-,25-,26-,28-,30+,31+,33+,34-/m1/s1. The molecule has 4 aliphatic carbocycles. The smallest absolute Gasteiger partial charge is 0.220 e. The molecule has 7 N–H and O–H groups in total. The third kappa shape index (κ3) is 7.57. The largest absolute Gasteiger partial charge is 0.393 e. The highest BCUT2D eigenvalue weighted by atomic mass is 16.3. The molecule has 236 valence electrons. The van der Waals surface area contributed by atoms with Crippen LogP contribution >= 0.6 is 0 Å². The van der Waals surface area contributed by atoms with Gasteiger partial charge in [0.2, 0.25) is 5.91 Å². The minimum absolute atomic E-state index is 0.138. The first-order chi connectivity index (χ1) is 19.7. The van der Waals surface area contributed by atoms with Gasteiger partial charge in [-0.05, 0) is 145 Å². The van der Waals surface area contributed by atoms with E-state index >= 15 is 0 Å². The van der Waals surface area contributed by atoms with Crippen molar-refractivity contribution in [2.24, 2.45) is 40.2 Å². The fourth-order valence-corrected chi connectivity index (χ4v) is 9.44. The zero-order chi connectivity index (χ0) is 29.5. The second-order valence-corrected chi connectivity index (χ2v) is 14.5. The lowest BCUT2D eigenvalue weighted by molar-refractivity contribution is -0.121. The van der Waals surface area contributed by atoms with Gasteiger partial charge in [0.15, 0.2) is 0 Å². The Balaban J connectivity index is 1.18. The number of rotatable bonds is 16. The first-order valence-corrected chi connectivity index (χ1v) is 17.2. The molecule has 4 aliphatic rings. The second kappa shape index (κ2) is 15.1. The van der Waals surface area contributed by atoms with Crippen LogP contribution in [0, 0.1) is 34.5 Å². The molecule has 0 unspecified atom stereocenters. The van der Waals surface area contributed by atoms with Gasteiger partial charge in [-0.15, -0.1) is 0 Å². The number of aliphatic hydroxyl groups excluding tert-OH is 2. The van der Waals surface area contributed by atoms with Gasteiger partial charge in [0.05, 0.1) is 12.2 Å². The van der Waals surface area contributed by atoms with Gasteiger partial charge in [-0.2, -0.15) is 0 Å². The van der Waals surface area contributed by atoms with Gasteiger partial charge in [-0.25, -0.2) is 0 Å². The van der Waals surface area contributed by atoms with E-state index in [2.05, 4.69) is 36.7 Å². The van der Waals surface area contributed by atoms with E-state index in [1.165, 1.54) is 12.8 Å². The van der Waals surface area contributed by atoms with Crippen molar-refractivity contribution in [2.45, 2.75) is 123 Å². The molecule has 0 spiro atoms. The van der Waals surface area contributed by atoms with Crippen LogP contribution in [-0.4, -0.2) is 67.6 Å². The van der Waals surface area contributed by atoms with E-state index in [9.17, 15) is 15.0 Å². The molecule has 0 aromatic heterocycles. The summed E-state index contributed by atoms with van der Waals surface area (Å²) in [6.07, 6.45) is 13.8.